The van der Waals surface area contributed by atoms with Crippen LogP contribution in [0.1, 0.15) is 18.6 Å². The van der Waals surface area contributed by atoms with E-state index >= 15 is 0 Å². The molecule has 2 rings (SSSR count). The average molecular weight is 240 g/mol. The zero-order valence-electron chi connectivity index (χ0n) is 9.55. The van der Waals surface area contributed by atoms with Crippen molar-refractivity contribution in [2.45, 2.75) is 19.4 Å². The number of ether oxygens (including phenoxy) is 1. The Morgan fingerprint density at radius 1 is 1.53 bits per heavy atom. The maximum Gasteiger partial charge on any atom is 0.433 e. The van der Waals surface area contributed by atoms with Crippen LogP contribution in [0.25, 0.3) is 0 Å². The first kappa shape index (κ1) is 12.1. The molecule has 0 spiro atoms. The molecule has 2 heterocycles. The molecule has 94 valence electrons. The molecule has 1 unspecified atom stereocenters. The van der Waals surface area contributed by atoms with E-state index in [-0.39, 0.29) is 5.88 Å². The summed E-state index contributed by atoms with van der Waals surface area (Å²) in [6.07, 6.45) is 2.28. The van der Waals surface area contributed by atoms with Crippen LogP contribution in [0, 0.1) is 16.0 Å². The fourth-order valence-corrected chi connectivity index (χ4v) is 1.93. The summed E-state index contributed by atoms with van der Waals surface area (Å²) in [5.41, 5.74) is 0. The fraction of sp³-hybridized carbons (Fsp3) is 0.636. The average Bonchev–Trinajstić information content (AvgIpc) is 2.79. The SMILES string of the molecule is O=[N+]([O-])c1ccc(CNCC2CCCOC2)o1. The van der Waals surface area contributed by atoms with E-state index in [1.807, 2.05) is 0 Å². The Hall–Kier alpha value is -1.40. The van der Waals surface area contributed by atoms with Crippen molar-refractivity contribution in [2.75, 3.05) is 19.8 Å². The Bertz CT molecular complexity index is 371. The molecule has 1 aromatic rings. The van der Waals surface area contributed by atoms with E-state index in [2.05, 4.69) is 5.32 Å². The summed E-state index contributed by atoms with van der Waals surface area (Å²) >= 11 is 0. The van der Waals surface area contributed by atoms with Gasteiger partial charge in [0.2, 0.25) is 0 Å². The lowest BCUT2D eigenvalue weighted by atomic mass is 10.0. The lowest BCUT2D eigenvalue weighted by Crippen LogP contribution is -2.28. The molecule has 0 saturated carbocycles. The monoisotopic (exact) mass is 240 g/mol. The molecule has 0 amide bonds. The quantitative estimate of drug-likeness (QED) is 0.626. The summed E-state index contributed by atoms with van der Waals surface area (Å²) in [6.45, 7) is 3.03. The Morgan fingerprint density at radius 3 is 3.06 bits per heavy atom. The van der Waals surface area contributed by atoms with Gasteiger partial charge >= 0.3 is 5.88 Å². The molecule has 6 heteroatoms. The number of hydrogen-bond donors (Lipinski definition) is 1. The van der Waals surface area contributed by atoms with Crippen molar-refractivity contribution < 1.29 is 14.1 Å². The van der Waals surface area contributed by atoms with Gasteiger partial charge in [-0.3, -0.25) is 10.1 Å². The van der Waals surface area contributed by atoms with Crippen molar-refractivity contribution in [3.8, 4) is 0 Å². The number of nitro groups is 1. The van der Waals surface area contributed by atoms with Gasteiger partial charge in [0, 0.05) is 13.2 Å². The third-order valence-corrected chi connectivity index (χ3v) is 2.81. The third-order valence-electron chi connectivity index (χ3n) is 2.81. The molecule has 17 heavy (non-hydrogen) atoms. The smallest absolute Gasteiger partial charge is 0.404 e. The highest BCUT2D eigenvalue weighted by Crippen LogP contribution is 2.16. The molecule has 0 bridgehead atoms. The highest BCUT2D eigenvalue weighted by Gasteiger charge is 2.14. The molecular weight excluding hydrogens is 224 g/mol. The van der Waals surface area contributed by atoms with Gasteiger partial charge in [-0.15, -0.1) is 0 Å². The van der Waals surface area contributed by atoms with Gasteiger partial charge in [0.1, 0.15) is 10.7 Å². The molecule has 0 aromatic carbocycles. The lowest BCUT2D eigenvalue weighted by molar-refractivity contribution is -0.402. The van der Waals surface area contributed by atoms with Crippen LogP contribution >= 0.6 is 0 Å². The highest BCUT2D eigenvalue weighted by molar-refractivity contribution is 5.17. The van der Waals surface area contributed by atoms with Gasteiger partial charge in [0.15, 0.2) is 0 Å². The van der Waals surface area contributed by atoms with Gasteiger partial charge in [0.05, 0.1) is 19.2 Å². The van der Waals surface area contributed by atoms with E-state index in [0.717, 1.165) is 26.2 Å². The van der Waals surface area contributed by atoms with Crippen molar-refractivity contribution >= 4 is 5.88 Å². The maximum absolute atomic E-state index is 10.4. The highest BCUT2D eigenvalue weighted by atomic mass is 16.6. The lowest BCUT2D eigenvalue weighted by Gasteiger charge is -2.21. The minimum Gasteiger partial charge on any atom is -0.404 e. The van der Waals surface area contributed by atoms with Crippen molar-refractivity contribution in [3.63, 3.8) is 0 Å². The number of nitrogens with zero attached hydrogens (tertiary/aromatic N) is 1. The van der Waals surface area contributed by atoms with Crippen molar-refractivity contribution in [3.05, 3.63) is 28.0 Å². The number of hydrogen-bond acceptors (Lipinski definition) is 5. The van der Waals surface area contributed by atoms with Gasteiger partial charge < -0.3 is 14.5 Å². The molecular formula is C11H16N2O4. The predicted octanol–water partition coefficient (Wildman–Crippen LogP) is 1.70. The van der Waals surface area contributed by atoms with Crippen molar-refractivity contribution in [1.29, 1.82) is 0 Å². The molecule has 1 fully saturated rings. The standard InChI is InChI=1S/C11H16N2O4/c14-13(15)11-4-3-10(17-11)7-12-6-9-2-1-5-16-8-9/h3-4,9,12H,1-2,5-8H2. The van der Waals surface area contributed by atoms with Gasteiger partial charge in [-0.25, -0.2) is 0 Å². The zero-order chi connectivity index (χ0) is 12.1. The normalized spacial score (nSPS) is 20.4. The molecule has 0 radical (unpaired) electrons. The molecule has 0 aliphatic carbocycles. The van der Waals surface area contributed by atoms with E-state index in [1.54, 1.807) is 6.07 Å². The second-order valence-electron chi connectivity index (χ2n) is 4.21. The molecule has 1 saturated heterocycles. The van der Waals surface area contributed by atoms with Crippen molar-refractivity contribution in [1.82, 2.24) is 5.32 Å². The van der Waals surface area contributed by atoms with Crippen LogP contribution in [0.2, 0.25) is 0 Å². The Morgan fingerprint density at radius 2 is 2.41 bits per heavy atom. The molecule has 1 aliphatic rings. The first-order valence-corrected chi connectivity index (χ1v) is 5.77. The van der Waals surface area contributed by atoms with Crippen LogP contribution < -0.4 is 5.32 Å². The summed E-state index contributed by atoms with van der Waals surface area (Å²) in [6, 6.07) is 3.00. The fourth-order valence-electron chi connectivity index (χ4n) is 1.93. The number of rotatable bonds is 5. The van der Waals surface area contributed by atoms with Gasteiger partial charge in [-0.1, -0.05) is 0 Å². The molecule has 1 atom stereocenters. The largest absolute Gasteiger partial charge is 0.433 e. The van der Waals surface area contributed by atoms with E-state index in [0.29, 0.717) is 18.2 Å². The Labute approximate surface area is 99.1 Å². The van der Waals surface area contributed by atoms with E-state index in [9.17, 15) is 10.1 Å². The molecule has 1 N–H and O–H groups in total. The molecule has 1 aliphatic heterocycles. The Balaban J connectivity index is 1.71. The predicted molar refractivity (Wildman–Crippen MR) is 60.6 cm³/mol. The first-order chi connectivity index (χ1) is 8.25. The summed E-state index contributed by atoms with van der Waals surface area (Å²) in [4.78, 5) is 9.88. The van der Waals surface area contributed by atoms with Crippen LogP contribution in [-0.2, 0) is 11.3 Å². The Kier molecular flexibility index (Phi) is 4.11. The molecule has 1 aromatic heterocycles. The van der Waals surface area contributed by atoms with Gasteiger partial charge in [0.25, 0.3) is 0 Å². The summed E-state index contributed by atoms with van der Waals surface area (Å²) < 4.78 is 10.4. The minimum absolute atomic E-state index is 0.206. The van der Waals surface area contributed by atoms with E-state index < -0.39 is 4.92 Å². The first-order valence-electron chi connectivity index (χ1n) is 5.77. The molecule has 6 nitrogen and oxygen atoms in total. The second-order valence-corrected chi connectivity index (χ2v) is 4.21. The van der Waals surface area contributed by atoms with E-state index in [4.69, 9.17) is 9.15 Å². The maximum atomic E-state index is 10.4. The summed E-state index contributed by atoms with van der Waals surface area (Å²) in [5.74, 6) is 0.921. The number of furan rings is 1. The van der Waals surface area contributed by atoms with Crippen LogP contribution in [0.4, 0.5) is 5.88 Å². The van der Waals surface area contributed by atoms with E-state index in [1.165, 1.54) is 12.5 Å². The summed E-state index contributed by atoms with van der Waals surface area (Å²) in [5, 5.41) is 13.6. The van der Waals surface area contributed by atoms with Gasteiger partial charge in [-0.05, 0) is 24.8 Å². The topological polar surface area (TPSA) is 77.5 Å². The second kappa shape index (κ2) is 5.79. The zero-order valence-corrected chi connectivity index (χ0v) is 9.55. The van der Waals surface area contributed by atoms with Crippen LogP contribution in [-0.4, -0.2) is 24.7 Å². The number of nitrogens with one attached hydrogen (secondary N) is 1. The summed E-state index contributed by atoms with van der Waals surface area (Å²) in [7, 11) is 0. The minimum atomic E-state index is -0.529. The van der Waals surface area contributed by atoms with Crippen molar-refractivity contribution in [2.24, 2.45) is 5.92 Å². The third kappa shape index (κ3) is 3.54. The van der Waals surface area contributed by atoms with Gasteiger partial charge in [-0.2, -0.15) is 0 Å². The van der Waals surface area contributed by atoms with Crippen LogP contribution in [0.5, 0.6) is 0 Å². The van der Waals surface area contributed by atoms with Crippen LogP contribution in [0.3, 0.4) is 0 Å². The van der Waals surface area contributed by atoms with Crippen LogP contribution in [0.15, 0.2) is 16.5 Å².